The highest BCUT2D eigenvalue weighted by Crippen LogP contribution is 2.20. The molecule has 0 amide bonds. The van der Waals surface area contributed by atoms with Crippen molar-refractivity contribution in [3.63, 3.8) is 0 Å². The Labute approximate surface area is 179 Å². The number of ketones is 2. The highest BCUT2D eigenvalue weighted by atomic mass is 16.1. The lowest BCUT2D eigenvalue weighted by molar-refractivity contribution is -0.896. The number of hydrogen-bond donors (Lipinski definition) is 2. The van der Waals surface area contributed by atoms with Crippen LogP contribution in [0.15, 0.2) is 48.5 Å². The first-order valence-electron chi connectivity index (χ1n) is 11.6. The van der Waals surface area contributed by atoms with Crippen LogP contribution in [0.2, 0.25) is 0 Å². The van der Waals surface area contributed by atoms with Gasteiger partial charge in [0.1, 0.15) is 13.1 Å². The van der Waals surface area contributed by atoms with Crippen LogP contribution in [-0.4, -0.2) is 50.8 Å². The van der Waals surface area contributed by atoms with Gasteiger partial charge in [0.2, 0.25) is 11.6 Å². The van der Waals surface area contributed by atoms with E-state index in [-0.39, 0.29) is 11.6 Å². The number of likely N-dealkylation sites (tertiary alicyclic amines) is 2. The summed E-state index contributed by atoms with van der Waals surface area (Å²) in [5, 5.41) is 0. The molecule has 2 aliphatic rings. The van der Waals surface area contributed by atoms with Gasteiger partial charge >= 0.3 is 0 Å². The number of piperidine rings is 2. The van der Waals surface area contributed by atoms with Gasteiger partial charge < -0.3 is 9.80 Å². The monoisotopic (exact) mass is 406 g/mol. The van der Waals surface area contributed by atoms with Gasteiger partial charge in [0.25, 0.3) is 0 Å². The minimum Gasteiger partial charge on any atom is -0.328 e. The Morgan fingerprint density at radius 3 is 1.20 bits per heavy atom. The maximum absolute atomic E-state index is 12.6. The molecule has 2 aromatic carbocycles. The van der Waals surface area contributed by atoms with Crippen LogP contribution in [0, 0.1) is 0 Å². The molecule has 2 fully saturated rings. The van der Waals surface area contributed by atoms with E-state index in [1.54, 1.807) is 0 Å². The molecule has 0 atom stereocenters. The summed E-state index contributed by atoms with van der Waals surface area (Å²) < 4.78 is 0. The summed E-state index contributed by atoms with van der Waals surface area (Å²) in [5.74, 6) is 0.471. The smallest absolute Gasteiger partial charge is 0.216 e. The fraction of sp³-hybridized carbons (Fsp3) is 0.462. The van der Waals surface area contributed by atoms with Crippen molar-refractivity contribution in [2.24, 2.45) is 0 Å². The van der Waals surface area contributed by atoms with Gasteiger partial charge in [-0.15, -0.1) is 0 Å². The average Bonchev–Trinajstić information content (AvgIpc) is 2.80. The first-order chi connectivity index (χ1) is 14.7. The van der Waals surface area contributed by atoms with Crippen LogP contribution >= 0.6 is 0 Å². The molecule has 2 aromatic rings. The number of Topliss-reactive ketones (excluding diaryl/α,β-unsaturated/α-hetero) is 2. The minimum absolute atomic E-state index is 0.236. The number of benzene rings is 2. The molecule has 2 saturated heterocycles. The Hall–Kier alpha value is -2.30. The number of nitrogens with one attached hydrogen (secondary N) is 2. The number of rotatable bonds is 7. The zero-order chi connectivity index (χ0) is 20.8. The van der Waals surface area contributed by atoms with E-state index >= 15 is 0 Å². The van der Waals surface area contributed by atoms with Crippen LogP contribution in [0.25, 0.3) is 11.1 Å². The zero-order valence-electron chi connectivity index (χ0n) is 17.9. The van der Waals surface area contributed by atoms with Crippen LogP contribution < -0.4 is 9.80 Å². The third-order valence-corrected chi connectivity index (χ3v) is 6.69. The molecule has 0 radical (unpaired) electrons. The molecule has 30 heavy (non-hydrogen) atoms. The lowest BCUT2D eigenvalue weighted by Gasteiger charge is -2.22. The summed E-state index contributed by atoms with van der Waals surface area (Å²) in [4.78, 5) is 28.0. The van der Waals surface area contributed by atoms with Crippen LogP contribution in [-0.2, 0) is 0 Å². The van der Waals surface area contributed by atoms with Gasteiger partial charge in [-0.25, -0.2) is 0 Å². The number of carbonyl (C=O) groups excluding carboxylic acids is 2. The summed E-state index contributed by atoms with van der Waals surface area (Å²) in [6.07, 6.45) is 7.55. The quantitative estimate of drug-likeness (QED) is 0.690. The molecule has 2 aliphatic heterocycles. The van der Waals surface area contributed by atoms with Crippen molar-refractivity contribution in [1.82, 2.24) is 0 Å². The molecular weight excluding hydrogens is 372 g/mol. The fourth-order valence-electron chi connectivity index (χ4n) is 4.81. The van der Waals surface area contributed by atoms with Crippen LogP contribution in [0.4, 0.5) is 0 Å². The van der Waals surface area contributed by atoms with E-state index in [9.17, 15) is 9.59 Å². The molecule has 158 valence electrons. The van der Waals surface area contributed by atoms with Crippen LogP contribution in [0.1, 0.15) is 59.2 Å². The molecule has 4 heteroatoms. The van der Waals surface area contributed by atoms with Gasteiger partial charge in [-0.2, -0.15) is 0 Å². The van der Waals surface area contributed by atoms with Crippen molar-refractivity contribution in [1.29, 1.82) is 0 Å². The topological polar surface area (TPSA) is 43.0 Å². The number of hydrogen-bond acceptors (Lipinski definition) is 2. The summed E-state index contributed by atoms with van der Waals surface area (Å²) in [5.41, 5.74) is 3.76. The third kappa shape index (κ3) is 5.44. The summed E-state index contributed by atoms with van der Waals surface area (Å²) in [6, 6.07) is 15.9. The van der Waals surface area contributed by atoms with E-state index < -0.39 is 0 Å². The van der Waals surface area contributed by atoms with E-state index in [0.717, 1.165) is 48.4 Å². The lowest BCUT2D eigenvalue weighted by Crippen LogP contribution is -3.13. The molecule has 4 rings (SSSR count). The molecule has 4 nitrogen and oxygen atoms in total. The summed E-state index contributed by atoms with van der Waals surface area (Å²) in [7, 11) is 0. The minimum atomic E-state index is 0.236. The van der Waals surface area contributed by atoms with E-state index in [1.807, 2.05) is 48.5 Å². The van der Waals surface area contributed by atoms with E-state index in [4.69, 9.17) is 0 Å². The maximum Gasteiger partial charge on any atom is 0.216 e. The Morgan fingerprint density at radius 1 is 0.533 bits per heavy atom. The molecule has 0 spiro atoms. The highest BCUT2D eigenvalue weighted by Gasteiger charge is 2.19. The van der Waals surface area contributed by atoms with Crippen molar-refractivity contribution in [3.05, 3.63) is 59.7 Å². The molecule has 2 N–H and O–H groups in total. The van der Waals surface area contributed by atoms with Crippen molar-refractivity contribution in [2.75, 3.05) is 39.3 Å². The zero-order valence-corrected chi connectivity index (χ0v) is 17.9. The lowest BCUT2D eigenvalue weighted by atomic mass is 9.99. The van der Waals surface area contributed by atoms with Gasteiger partial charge in [0.15, 0.2) is 0 Å². The maximum atomic E-state index is 12.6. The standard InChI is InChI=1S/C26H32N2O2/c29-25(19-27-15-3-1-4-16-27)23-11-7-21(8-12-23)22-9-13-24(14-10-22)26(30)20-28-17-5-2-6-18-28/h7-14H,1-6,15-20H2/p+2. The molecule has 2 heterocycles. The third-order valence-electron chi connectivity index (χ3n) is 6.69. The second kappa shape index (κ2) is 10.1. The second-order valence-corrected chi connectivity index (χ2v) is 8.98. The summed E-state index contributed by atoms with van der Waals surface area (Å²) >= 11 is 0. The largest absolute Gasteiger partial charge is 0.328 e. The first kappa shape index (κ1) is 21.0. The SMILES string of the molecule is O=C(C[NH+]1CCCCC1)c1ccc(-c2ccc(C(=O)C[NH+]3CCCCC3)cc2)cc1. The van der Waals surface area contributed by atoms with Crippen molar-refractivity contribution >= 4 is 11.6 Å². The average molecular weight is 407 g/mol. The van der Waals surface area contributed by atoms with Crippen LogP contribution in [0.5, 0.6) is 0 Å². The summed E-state index contributed by atoms with van der Waals surface area (Å²) in [6.45, 7) is 5.69. The van der Waals surface area contributed by atoms with Gasteiger partial charge in [-0.1, -0.05) is 48.5 Å². The fourth-order valence-corrected chi connectivity index (χ4v) is 4.81. The molecule has 0 saturated carbocycles. The number of quaternary nitrogens is 2. The Balaban J connectivity index is 1.35. The molecule has 0 aromatic heterocycles. The Morgan fingerprint density at radius 2 is 0.867 bits per heavy atom. The van der Waals surface area contributed by atoms with E-state index in [0.29, 0.717) is 13.1 Å². The highest BCUT2D eigenvalue weighted by molar-refractivity contribution is 5.98. The van der Waals surface area contributed by atoms with Crippen molar-refractivity contribution in [3.8, 4) is 11.1 Å². The second-order valence-electron chi connectivity index (χ2n) is 8.98. The Bertz CT molecular complexity index is 772. The van der Waals surface area contributed by atoms with Gasteiger partial charge in [0, 0.05) is 11.1 Å². The molecule has 0 bridgehead atoms. The predicted molar refractivity (Wildman–Crippen MR) is 119 cm³/mol. The van der Waals surface area contributed by atoms with Gasteiger partial charge in [0.05, 0.1) is 26.2 Å². The van der Waals surface area contributed by atoms with Gasteiger partial charge in [-0.05, 0) is 49.7 Å². The van der Waals surface area contributed by atoms with E-state index in [2.05, 4.69) is 0 Å². The van der Waals surface area contributed by atoms with E-state index in [1.165, 1.54) is 48.3 Å². The van der Waals surface area contributed by atoms with Gasteiger partial charge in [-0.3, -0.25) is 9.59 Å². The molecule has 0 aliphatic carbocycles. The molecular formula is C26H34N2O2+2. The normalized spacial score (nSPS) is 18.3. The van der Waals surface area contributed by atoms with Crippen LogP contribution in [0.3, 0.4) is 0 Å². The van der Waals surface area contributed by atoms with Crippen molar-refractivity contribution < 1.29 is 19.4 Å². The number of carbonyl (C=O) groups is 2. The Kier molecular flexibility index (Phi) is 7.08. The first-order valence-corrected chi connectivity index (χ1v) is 11.6. The van der Waals surface area contributed by atoms with Crippen molar-refractivity contribution in [2.45, 2.75) is 38.5 Å². The molecule has 0 unspecified atom stereocenters. The predicted octanol–water partition coefficient (Wildman–Crippen LogP) is 1.86.